The van der Waals surface area contributed by atoms with E-state index >= 15 is 0 Å². The number of nitrogens with zero attached hydrogens (tertiary/aromatic N) is 3. The molecule has 0 aliphatic rings. The van der Waals surface area contributed by atoms with E-state index in [9.17, 15) is 4.79 Å². The number of likely N-dealkylation sites (N-methyl/N-ethyl adjacent to an activating group) is 1. The Labute approximate surface area is 181 Å². The molecule has 6 nitrogen and oxygen atoms in total. The Kier molecular flexibility index (Phi) is 13.9. The van der Waals surface area contributed by atoms with Gasteiger partial charge in [0, 0.05) is 39.3 Å². The number of hydrogen-bond donors (Lipinski definition) is 2. The van der Waals surface area contributed by atoms with E-state index in [1.54, 1.807) is 19.0 Å². The van der Waals surface area contributed by atoms with Crippen molar-refractivity contribution < 1.29 is 4.79 Å². The highest BCUT2D eigenvalue weighted by molar-refractivity contribution is 14.0. The summed E-state index contributed by atoms with van der Waals surface area (Å²) < 4.78 is 0. The molecule has 0 bridgehead atoms. The minimum absolute atomic E-state index is 0. The predicted octanol–water partition coefficient (Wildman–Crippen LogP) is 2.45. The number of amides is 1. The van der Waals surface area contributed by atoms with Gasteiger partial charge in [-0.15, -0.1) is 24.0 Å². The smallest absolute Gasteiger partial charge is 0.253 e. The first-order chi connectivity index (χ1) is 12.5. The van der Waals surface area contributed by atoms with Gasteiger partial charge in [0.05, 0.1) is 6.54 Å². The van der Waals surface area contributed by atoms with E-state index in [2.05, 4.69) is 47.4 Å². The number of halogens is 1. The SMILES string of the molecule is CCNC(=NCCN(CC)CC)NCCc1cccc(C(=O)N(C)C)c1.I. The molecule has 154 valence electrons. The normalized spacial score (nSPS) is 11.1. The van der Waals surface area contributed by atoms with Crippen LogP contribution in [0, 0.1) is 0 Å². The zero-order valence-electron chi connectivity index (χ0n) is 17.4. The van der Waals surface area contributed by atoms with Crippen LogP contribution in [-0.4, -0.2) is 75.0 Å². The van der Waals surface area contributed by atoms with Gasteiger partial charge in [0.15, 0.2) is 5.96 Å². The number of carbonyl (C=O) groups excluding carboxylic acids is 1. The highest BCUT2D eigenvalue weighted by Gasteiger charge is 2.08. The lowest BCUT2D eigenvalue weighted by Crippen LogP contribution is -2.39. The van der Waals surface area contributed by atoms with Gasteiger partial charge in [0.25, 0.3) is 5.91 Å². The van der Waals surface area contributed by atoms with Gasteiger partial charge >= 0.3 is 0 Å². The van der Waals surface area contributed by atoms with Crippen molar-refractivity contribution in [3.05, 3.63) is 35.4 Å². The molecule has 1 aromatic rings. The van der Waals surface area contributed by atoms with E-state index in [0.29, 0.717) is 0 Å². The molecule has 2 N–H and O–H groups in total. The average Bonchev–Trinajstić information content (AvgIpc) is 2.64. The molecule has 27 heavy (non-hydrogen) atoms. The summed E-state index contributed by atoms with van der Waals surface area (Å²) in [7, 11) is 3.54. The van der Waals surface area contributed by atoms with E-state index in [0.717, 1.165) is 62.8 Å². The van der Waals surface area contributed by atoms with Crippen molar-refractivity contribution >= 4 is 35.8 Å². The summed E-state index contributed by atoms with van der Waals surface area (Å²) in [4.78, 5) is 20.7. The largest absolute Gasteiger partial charge is 0.357 e. The molecule has 0 spiro atoms. The molecule has 0 aliphatic heterocycles. The van der Waals surface area contributed by atoms with Crippen LogP contribution >= 0.6 is 24.0 Å². The first-order valence-electron chi connectivity index (χ1n) is 9.56. The van der Waals surface area contributed by atoms with E-state index < -0.39 is 0 Å². The Morgan fingerprint density at radius 1 is 1.11 bits per heavy atom. The first-order valence-corrected chi connectivity index (χ1v) is 9.56. The molecular weight excluding hydrogens is 453 g/mol. The van der Waals surface area contributed by atoms with Gasteiger partial charge in [-0.05, 0) is 44.1 Å². The summed E-state index contributed by atoms with van der Waals surface area (Å²) in [6.07, 6.45) is 0.842. The molecule has 0 saturated carbocycles. The van der Waals surface area contributed by atoms with Gasteiger partial charge in [-0.25, -0.2) is 0 Å². The molecular formula is C20H36IN5O. The molecule has 0 atom stereocenters. The Morgan fingerprint density at radius 2 is 1.81 bits per heavy atom. The van der Waals surface area contributed by atoms with Crippen molar-refractivity contribution in [2.24, 2.45) is 4.99 Å². The predicted molar refractivity (Wildman–Crippen MR) is 125 cm³/mol. The van der Waals surface area contributed by atoms with E-state index in [1.807, 2.05) is 18.2 Å². The topological polar surface area (TPSA) is 60.0 Å². The maximum atomic E-state index is 12.1. The monoisotopic (exact) mass is 489 g/mol. The third kappa shape index (κ3) is 9.95. The number of aliphatic imine (C=N–C) groups is 1. The van der Waals surface area contributed by atoms with Crippen molar-refractivity contribution in [2.45, 2.75) is 27.2 Å². The van der Waals surface area contributed by atoms with Crippen LogP contribution in [-0.2, 0) is 6.42 Å². The van der Waals surface area contributed by atoms with E-state index in [4.69, 9.17) is 0 Å². The number of rotatable bonds is 10. The highest BCUT2D eigenvalue weighted by Crippen LogP contribution is 2.07. The quantitative estimate of drug-likeness (QED) is 0.301. The van der Waals surface area contributed by atoms with Crippen molar-refractivity contribution in [3.8, 4) is 0 Å². The van der Waals surface area contributed by atoms with Crippen LogP contribution in [0.1, 0.15) is 36.7 Å². The summed E-state index contributed by atoms with van der Waals surface area (Å²) in [5.74, 6) is 0.881. The number of guanidine groups is 1. The fourth-order valence-electron chi connectivity index (χ4n) is 2.63. The molecule has 0 unspecified atom stereocenters. The molecule has 0 fully saturated rings. The summed E-state index contributed by atoms with van der Waals surface area (Å²) in [6, 6.07) is 7.82. The molecule has 0 heterocycles. The molecule has 1 aromatic carbocycles. The number of carbonyl (C=O) groups is 1. The lowest BCUT2D eigenvalue weighted by molar-refractivity contribution is 0.0827. The van der Waals surface area contributed by atoms with Gasteiger partial charge in [0.1, 0.15) is 0 Å². The number of nitrogens with one attached hydrogen (secondary N) is 2. The Morgan fingerprint density at radius 3 is 2.41 bits per heavy atom. The van der Waals surface area contributed by atoms with Crippen molar-refractivity contribution in [1.29, 1.82) is 0 Å². The standard InChI is InChI=1S/C20H35N5O.HI/c1-6-21-20(23-14-15-25(7-2)8-3)22-13-12-17-10-9-11-18(16-17)19(26)24(4)5;/h9-11,16H,6-8,12-15H2,1-5H3,(H2,21,22,23);1H. The second-order valence-corrected chi connectivity index (χ2v) is 6.36. The van der Waals surface area contributed by atoms with Crippen LogP contribution in [0.3, 0.4) is 0 Å². The lowest BCUT2D eigenvalue weighted by atomic mass is 10.1. The van der Waals surface area contributed by atoms with Gasteiger partial charge < -0.3 is 20.4 Å². The second-order valence-electron chi connectivity index (χ2n) is 6.36. The molecule has 0 aromatic heterocycles. The molecule has 0 saturated heterocycles. The van der Waals surface area contributed by atoms with Crippen LogP contribution in [0.25, 0.3) is 0 Å². The van der Waals surface area contributed by atoms with Crippen molar-refractivity contribution in [2.75, 3.05) is 53.4 Å². The van der Waals surface area contributed by atoms with Crippen molar-refractivity contribution in [3.63, 3.8) is 0 Å². The van der Waals surface area contributed by atoms with Crippen LogP contribution in [0.4, 0.5) is 0 Å². The van der Waals surface area contributed by atoms with Crippen LogP contribution in [0.15, 0.2) is 29.3 Å². The molecule has 7 heteroatoms. The highest BCUT2D eigenvalue weighted by atomic mass is 127. The lowest BCUT2D eigenvalue weighted by Gasteiger charge is -2.17. The fraction of sp³-hybridized carbons (Fsp3) is 0.600. The number of benzene rings is 1. The molecule has 0 aliphatic carbocycles. The fourth-order valence-corrected chi connectivity index (χ4v) is 2.63. The summed E-state index contributed by atoms with van der Waals surface area (Å²) in [5, 5.41) is 6.66. The minimum atomic E-state index is 0. The molecule has 0 radical (unpaired) electrons. The molecule has 1 rings (SSSR count). The maximum Gasteiger partial charge on any atom is 0.253 e. The minimum Gasteiger partial charge on any atom is -0.357 e. The van der Waals surface area contributed by atoms with Crippen LogP contribution in [0.2, 0.25) is 0 Å². The second kappa shape index (κ2) is 14.7. The summed E-state index contributed by atoms with van der Waals surface area (Å²) in [5.41, 5.74) is 1.87. The first kappa shape index (κ1) is 25.6. The van der Waals surface area contributed by atoms with Crippen LogP contribution in [0.5, 0.6) is 0 Å². The van der Waals surface area contributed by atoms with Gasteiger partial charge in [-0.3, -0.25) is 9.79 Å². The summed E-state index contributed by atoms with van der Waals surface area (Å²) >= 11 is 0. The third-order valence-electron chi connectivity index (χ3n) is 4.21. The molecule has 1 amide bonds. The zero-order valence-corrected chi connectivity index (χ0v) is 19.7. The Bertz CT molecular complexity index is 573. The maximum absolute atomic E-state index is 12.1. The zero-order chi connectivity index (χ0) is 19.4. The van der Waals surface area contributed by atoms with Crippen molar-refractivity contribution in [1.82, 2.24) is 20.4 Å². The van der Waals surface area contributed by atoms with E-state index in [-0.39, 0.29) is 29.9 Å². The third-order valence-corrected chi connectivity index (χ3v) is 4.21. The van der Waals surface area contributed by atoms with Crippen LogP contribution < -0.4 is 10.6 Å². The van der Waals surface area contributed by atoms with Gasteiger partial charge in [0.2, 0.25) is 0 Å². The average molecular weight is 489 g/mol. The Hall–Kier alpha value is -1.35. The Balaban J connectivity index is 0.00000676. The van der Waals surface area contributed by atoms with Gasteiger partial charge in [-0.1, -0.05) is 26.0 Å². The number of hydrogen-bond acceptors (Lipinski definition) is 3. The summed E-state index contributed by atoms with van der Waals surface area (Å²) in [6.45, 7) is 11.9. The van der Waals surface area contributed by atoms with Gasteiger partial charge in [-0.2, -0.15) is 0 Å². The van der Waals surface area contributed by atoms with E-state index in [1.165, 1.54) is 0 Å².